The molecule has 5 nitrogen and oxygen atoms in total. The van der Waals surface area contributed by atoms with E-state index in [1.165, 1.54) is 6.92 Å². The monoisotopic (exact) mass is 328 g/mol. The number of terminal acetylenes is 1. The third-order valence-corrected chi connectivity index (χ3v) is 5.15. The molecule has 2 aromatic rings. The molecule has 0 fully saturated rings. The van der Waals surface area contributed by atoms with Crippen LogP contribution < -0.4 is 9.16 Å². The van der Waals surface area contributed by atoms with E-state index in [4.69, 9.17) is 14.9 Å². The molecule has 0 spiro atoms. The van der Waals surface area contributed by atoms with E-state index in [9.17, 15) is 4.79 Å². The normalized spacial score (nSPS) is 8.70. The maximum Gasteiger partial charge on any atom is 0.603 e. The molecule has 0 saturated carbocycles. The van der Waals surface area contributed by atoms with E-state index in [1.807, 2.05) is 54.6 Å². The van der Waals surface area contributed by atoms with Gasteiger partial charge in [-0.3, -0.25) is 4.79 Å². The lowest BCUT2D eigenvalue weighted by molar-refractivity contribution is -0.132. The molecule has 0 bridgehead atoms. The fourth-order valence-electron chi connectivity index (χ4n) is 1.94. The lowest BCUT2D eigenvalue weighted by Crippen LogP contribution is -2.34. The molecule has 120 valence electrons. The van der Waals surface area contributed by atoms with E-state index in [0.717, 1.165) is 10.2 Å². The van der Waals surface area contributed by atoms with Gasteiger partial charge in [-0.25, -0.2) is 0 Å². The summed E-state index contributed by atoms with van der Waals surface area (Å²) in [4.78, 5) is 11.2. The Morgan fingerprint density at radius 3 is 2.35 bits per heavy atom. The van der Waals surface area contributed by atoms with Crippen molar-refractivity contribution >= 4 is 24.9 Å². The largest absolute Gasteiger partial charge is 0.870 e. The minimum absolute atomic E-state index is 0. The predicted octanol–water partition coefficient (Wildman–Crippen LogP) is 2.52. The first kappa shape index (κ1) is 20.7. The standard InChI is InChI=1S/C12H9O.C3H3.C2H4O2.Al.2H2O/c1-3-7-11(8-4-1)13-12-9-5-2-6-10-12;1-3-2;1-2(3)4;;;/h1-5,7-10H;1H,2H2;1H3,(H,3,4);;2*1H2/q;;;+1;;/p-3. The minimum Gasteiger partial charge on any atom is -0.870 e. The maximum absolute atomic E-state index is 11.2. The Morgan fingerprint density at radius 1 is 1.09 bits per heavy atom. The van der Waals surface area contributed by atoms with Gasteiger partial charge in [-0.05, 0) is 24.3 Å². The van der Waals surface area contributed by atoms with Gasteiger partial charge in [0.15, 0.2) is 0 Å². The van der Waals surface area contributed by atoms with E-state index < -0.39 is 14.5 Å². The highest BCUT2D eigenvalue weighted by Crippen LogP contribution is 2.19. The smallest absolute Gasteiger partial charge is 0.603 e. The first-order valence-corrected chi connectivity index (χ1v) is 8.49. The van der Waals surface area contributed by atoms with Crippen LogP contribution in [0, 0.1) is 12.3 Å². The molecule has 0 unspecified atom stereocenters. The zero-order chi connectivity index (χ0) is 15.1. The van der Waals surface area contributed by atoms with Gasteiger partial charge in [-0.1, -0.05) is 34.8 Å². The number of rotatable bonds is 5. The molecule has 0 aromatic heterocycles. The van der Waals surface area contributed by atoms with E-state index in [-0.39, 0.29) is 16.9 Å². The van der Waals surface area contributed by atoms with E-state index in [0.29, 0.717) is 11.0 Å². The zero-order valence-corrected chi connectivity index (χ0v) is 13.8. The van der Waals surface area contributed by atoms with Crippen LogP contribution in [-0.2, 0) is 8.58 Å². The van der Waals surface area contributed by atoms with Crippen LogP contribution in [0.3, 0.4) is 0 Å². The summed E-state index contributed by atoms with van der Waals surface area (Å²) in [5.74, 6) is 3.76. The fraction of sp³-hybridized carbons (Fsp3) is 0.118. The van der Waals surface area contributed by atoms with Gasteiger partial charge in [0.2, 0.25) is 0 Å². The molecule has 2 rings (SSSR count). The number of ether oxygens (including phenoxy) is 1. The van der Waals surface area contributed by atoms with Crippen LogP contribution >= 0.6 is 0 Å². The molecule has 0 saturated heterocycles. The summed E-state index contributed by atoms with van der Waals surface area (Å²) < 4.78 is 12.1. The molecule has 0 aliphatic heterocycles. The summed E-state index contributed by atoms with van der Waals surface area (Å²) >= 11 is -1.95. The van der Waals surface area contributed by atoms with Crippen molar-refractivity contribution in [1.82, 2.24) is 0 Å². The van der Waals surface area contributed by atoms with Crippen molar-refractivity contribution in [2.75, 3.05) is 0 Å². The Balaban J connectivity index is 0.00000242. The maximum atomic E-state index is 11.2. The van der Waals surface area contributed by atoms with Crippen molar-refractivity contribution in [3.63, 3.8) is 0 Å². The van der Waals surface area contributed by atoms with Crippen molar-refractivity contribution in [1.29, 1.82) is 0 Å². The van der Waals surface area contributed by atoms with E-state index >= 15 is 0 Å². The number of hydrogen-bond acceptors (Lipinski definition) is 5. The second kappa shape index (κ2) is 10.4. The Morgan fingerprint density at radius 2 is 1.74 bits per heavy atom. The molecule has 2 N–H and O–H groups in total. The highest BCUT2D eigenvalue weighted by atomic mass is 27.2. The second-order valence-electron chi connectivity index (χ2n) is 4.49. The molecule has 0 aliphatic rings. The summed E-state index contributed by atoms with van der Waals surface area (Å²) in [5, 5.41) is 0.467. The summed E-state index contributed by atoms with van der Waals surface area (Å²) in [5.41, 5.74) is 0. The van der Waals surface area contributed by atoms with Crippen molar-refractivity contribution in [3.8, 4) is 23.8 Å². The van der Waals surface area contributed by atoms with Crippen LogP contribution in [0.15, 0.2) is 54.6 Å². The average molecular weight is 328 g/mol. The SMILES string of the molecule is C#C[CH2][Al]([O]C(C)=O)[c]1cccc(Oc2ccccc2)c1.[OH-].[OH-]. The number of hydrogen-bond donors (Lipinski definition) is 0. The fourth-order valence-corrected chi connectivity index (χ4v) is 3.68. The summed E-state index contributed by atoms with van der Waals surface area (Å²) in [6.45, 7) is 1.40. The number of para-hydroxylation sites is 1. The van der Waals surface area contributed by atoms with Crippen LogP contribution in [0.1, 0.15) is 6.92 Å². The highest BCUT2D eigenvalue weighted by molar-refractivity contribution is 6.69. The van der Waals surface area contributed by atoms with Crippen molar-refractivity contribution in [3.05, 3.63) is 54.6 Å². The van der Waals surface area contributed by atoms with Crippen LogP contribution in [0.4, 0.5) is 0 Å². The topological polar surface area (TPSA) is 95.5 Å². The summed E-state index contributed by atoms with van der Waals surface area (Å²) in [6.07, 6.45) is 5.37. The van der Waals surface area contributed by atoms with Gasteiger partial charge in [0.1, 0.15) is 11.5 Å². The van der Waals surface area contributed by atoms with E-state index in [2.05, 4.69) is 5.92 Å². The highest BCUT2D eigenvalue weighted by Gasteiger charge is 2.27. The average Bonchev–Trinajstić information content (AvgIpc) is 2.48. The molecule has 0 heterocycles. The molecule has 0 amide bonds. The van der Waals surface area contributed by atoms with Gasteiger partial charge in [-0.2, -0.15) is 0 Å². The third kappa shape index (κ3) is 6.56. The Kier molecular flexibility index (Phi) is 9.41. The molecule has 0 aliphatic carbocycles. The molecular weight excluding hydrogens is 311 g/mol. The van der Waals surface area contributed by atoms with Gasteiger partial charge in [-0.15, -0.1) is 12.3 Å². The summed E-state index contributed by atoms with van der Waals surface area (Å²) in [7, 11) is 0. The van der Waals surface area contributed by atoms with Gasteiger partial charge in [0, 0.05) is 12.2 Å². The third-order valence-electron chi connectivity index (χ3n) is 2.82. The quantitative estimate of drug-likeness (QED) is 0.621. The Bertz CT molecular complexity index is 652. The summed E-state index contributed by atoms with van der Waals surface area (Å²) in [6, 6.07) is 17.1. The van der Waals surface area contributed by atoms with Crippen LogP contribution in [0.25, 0.3) is 0 Å². The van der Waals surface area contributed by atoms with Gasteiger partial charge in [0.25, 0.3) is 5.97 Å². The first-order valence-electron chi connectivity index (χ1n) is 6.62. The lowest BCUT2D eigenvalue weighted by atomic mass is 10.3. The Labute approximate surface area is 140 Å². The minimum atomic E-state index is -1.95. The van der Waals surface area contributed by atoms with Crippen molar-refractivity contribution in [2.45, 2.75) is 12.2 Å². The molecular formula is C17H17AlO5-2. The molecule has 23 heavy (non-hydrogen) atoms. The van der Waals surface area contributed by atoms with Gasteiger partial charge in [0.05, 0.1) is 0 Å². The lowest BCUT2D eigenvalue weighted by Gasteiger charge is -2.12. The first-order chi connectivity index (χ1) is 10.2. The predicted molar refractivity (Wildman–Crippen MR) is 87.6 cm³/mol. The van der Waals surface area contributed by atoms with E-state index in [1.54, 1.807) is 0 Å². The number of carbonyl (C=O) groups is 1. The zero-order valence-electron chi connectivity index (χ0n) is 12.7. The molecule has 0 atom stereocenters. The van der Waals surface area contributed by atoms with Crippen molar-refractivity contribution in [2.24, 2.45) is 0 Å². The van der Waals surface area contributed by atoms with Crippen LogP contribution in [-0.4, -0.2) is 31.4 Å². The van der Waals surface area contributed by atoms with Gasteiger partial charge >= 0.3 is 14.5 Å². The van der Waals surface area contributed by atoms with Crippen LogP contribution in [0.5, 0.6) is 11.5 Å². The molecule has 0 radical (unpaired) electrons. The van der Waals surface area contributed by atoms with Crippen molar-refractivity contribution < 1.29 is 24.3 Å². The Hall–Kier alpha value is -2.28. The number of benzene rings is 2. The molecule has 6 heteroatoms. The van der Waals surface area contributed by atoms with Gasteiger partial charge < -0.3 is 19.5 Å². The van der Waals surface area contributed by atoms with Crippen LogP contribution in [0.2, 0.25) is 5.28 Å². The number of carbonyl (C=O) groups excluding carboxylic acids is 1. The second-order valence-corrected chi connectivity index (χ2v) is 6.78. The molecule has 2 aromatic carbocycles.